The van der Waals surface area contributed by atoms with E-state index in [1.165, 1.54) is 29.4 Å². The highest BCUT2D eigenvalue weighted by Crippen LogP contribution is 2.30. The third kappa shape index (κ3) is 3.17. The lowest BCUT2D eigenvalue weighted by Crippen LogP contribution is -1.97. The Morgan fingerprint density at radius 2 is 2.00 bits per heavy atom. The van der Waals surface area contributed by atoms with Gasteiger partial charge in [-0.15, -0.1) is 10.2 Å². The second kappa shape index (κ2) is 6.52. The summed E-state index contributed by atoms with van der Waals surface area (Å²) in [5.74, 6) is 1.35. The Hall–Kier alpha value is -3.18. The molecule has 27 heavy (non-hydrogen) atoms. The van der Waals surface area contributed by atoms with Gasteiger partial charge in [0.25, 0.3) is 0 Å². The first-order chi connectivity index (χ1) is 13.2. The molecular weight excluding hydrogens is 382 g/mol. The van der Waals surface area contributed by atoms with E-state index < -0.39 is 0 Å². The van der Waals surface area contributed by atoms with Crippen LogP contribution in [-0.4, -0.2) is 40.1 Å². The standard InChI is InChI=1S/C16H11N9S2/c1-8-20-16(25-24-8)26-11-5-4-9-12(22-11)13(19-7-18-9)23-15-21-10-3-2-6-17-14(10)27-15/h2-7H,1H3,(H,20,24,25)(H,18,19,21,23). The van der Waals surface area contributed by atoms with Crippen LogP contribution < -0.4 is 5.32 Å². The number of nitrogens with one attached hydrogen (secondary N) is 2. The van der Waals surface area contributed by atoms with Crippen molar-refractivity contribution >= 4 is 55.4 Å². The Morgan fingerprint density at radius 3 is 2.85 bits per heavy atom. The van der Waals surface area contributed by atoms with E-state index >= 15 is 0 Å². The van der Waals surface area contributed by atoms with Gasteiger partial charge < -0.3 is 10.3 Å². The predicted molar refractivity (Wildman–Crippen MR) is 103 cm³/mol. The Balaban J connectivity index is 1.51. The van der Waals surface area contributed by atoms with Crippen LogP contribution in [0.1, 0.15) is 5.82 Å². The summed E-state index contributed by atoms with van der Waals surface area (Å²) in [5.41, 5.74) is 2.24. The van der Waals surface area contributed by atoms with Crippen molar-refractivity contribution in [3.63, 3.8) is 0 Å². The summed E-state index contributed by atoms with van der Waals surface area (Å²) in [6.45, 7) is 1.85. The maximum absolute atomic E-state index is 4.68. The maximum atomic E-state index is 4.68. The van der Waals surface area contributed by atoms with Gasteiger partial charge in [-0.25, -0.2) is 24.9 Å². The molecule has 0 radical (unpaired) electrons. The summed E-state index contributed by atoms with van der Waals surface area (Å²) in [6, 6.07) is 7.58. The van der Waals surface area contributed by atoms with Gasteiger partial charge in [-0.2, -0.15) is 0 Å². The van der Waals surface area contributed by atoms with Crippen molar-refractivity contribution in [1.82, 2.24) is 40.1 Å². The second-order valence-electron chi connectivity index (χ2n) is 5.53. The zero-order valence-corrected chi connectivity index (χ0v) is 15.5. The number of aryl methyl sites for hydroxylation is 1. The van der Waals surface area contributed by atoms with E-state index in [1.54, 1.807) is 6.20 Å². The monoisotopic (exact) mass is 393 g/mol. The van der Waals surface area contributed by atoms with Crippen LogP contribution in [0.2, 0.25) is 0 Å². The van der Waals surface area contributed by atoms with Crippen LogP contribution in [0.4, 0.5) is 10.9 Å². The molecule has 0 atom stereocenters. The third-order valence-electron chi connectivity index (χ3n) is 3.63. The topological polar surface area (TPSA) is 118 Å². The first kappa shape index (κ1) is 16.0. The molecular formula is C16H11N9S2. The highest BCUT2D eigenvalue weighted by atomic mass is 32.2. The number of thiazole rings is 1. The molecule has 0 aromatic carbocycles. The van der Waals surface area contributed by atoms with Crippen molar-refractivity contribution in [2.75, 3.05) is 5.32 Å². The van der Waals surface area contributed by atoms with Crippen molar-refractivity contribution in [1.29, 1.82) is 0 Å². The fourth-order valence-corrected chi connectivity index (χ4v) is 4.02. The summed E-state index contributed by atoms with van der Waals surface area (Å²) in [5, 5.41) is 13.4. The molecule has 9 nitrogen and oxygen atoms in total. The molecule has 0 aliphatic rings. The maximum Gasteiger partial charge on any atom is 0.194 e. The highest BCUT2D eigenvalue weighted by Gasteiger charge is 2.12. The summed E-state index contributed by atoms with van der Waals surface area (Å²) >= 11 is 2.86. The number of aromatic nitrogens is 8. The second-order valence-corrected chi connectivity index (χ2v) is 7.52. The van der Waals surface area contributed by atoms with E-state index in [0.717, 1.165) is 26.7 Å². The normalized spacial score (nSPS) is 11.3. The molecule has 0 amide bonds. The fraction of sp³-hybridized carbons (Fsp3) is 0.0625. The number of hydrogen-bond donors (Lipinski definition) is 2. The molecule has 5 rings (SSSR count). The largest absolute Gasteiger partial charge is 0.320 e. The van der Waals surface area contributed by atoms with Crippen LogP contribution in [0.15, 0.2) is 47.0 Å². The van der Waals surface area contributed by atoms with Gasteiger partial charge in [-0.3, -0.25) is 0 Å². The molecule has 0 aliphatic carbocycles. The zero-order chi connectivity index (χ0) is 18.2. The molecule has 5 aromatic heterocycles. The van der Waals surface area contributed by atoms with Crippen molar-refractivity contribution in [3.05, 3.63) is 42.6 Å². The van der Waals surface area contributed by atoms with Gasteiger partial charge in [-0.1, -0.05) is 11.3 Å². The molecule has 11 heteroatoms. The molecule has 0 unspecified atom stereocenters. The SMILES string of the molecule is Cc1nnc(Sc2ccc3ncnc(Nc4nc5cccnc5s4)c3n2)[nH]1. The number of pyridine rings is 2. The van der Waals surface area contributed by atoms with Crippen molar-refractivity contribution in [2.45, 2.75) is 17.1 Å². The minimum absolute atomic E-state index is 0.593. The molecule has 2 N–H and O–H groups in total. The van der Waals surface area contributed by atoms with Gasteiger partial charge in [0.15, 0.2) is 16.1 Å². The summed E-state index contributed by atoms with van der Waals surface area (Å²) in [4.78, 5) is 26.1. The van der Waals surface area contributed by atoms with Crippen LogP contribution in [0.3, 0.4) is 0 Å². The average molecular weight is 393 g/mol. The molecule has 0 fully saturated rings. The smallest absolute Gasteiger partial charge is 0.194 e. The van der Waals surface area contributed by atoms with Gasteiger partial charge in [0.2, 0.25) is 0 Å². The number of nitrogens with zero attached hydrogens (tertiary/aromatic N) is 7. The molecule has 5 heterocycles. The molecule has 5 aromatic rings. The fourth-order valence-electron chi connectivity index (χ4n) is 2.47. The molecule has 0 bridgehead atoms. The van der Waals surface area contributed by atoms with Gasteiger partial charge in [-0.05, 0) is 43.0 Å². The number of rotatable bonds is 4. The molecule has 0 saturated carbocycles. The Morgan fingerprint density at radius 1 is 1.04 bits per heavy atom. The zero-order valence-electron chi connectivity index (χ0n) is 13.9. The first-order valence-corrected chi connectivity index (χ1v) is 9.55. The third-order valence-corrected chi connectivity index (χ3v) is 5.34. The van der Waals surface area contributed by atoms with E-state index in [1.807, 2.05) is 31.2 Å². The van der Waals surface area contributed by atoms with Crippen molar-refractivity contribution in [3.8, 4) is 0 Å². The van der Waals surface area contributed by atoms with Crippen LogP contribution in [0.5, 0.6) is 0 Å². The van der Waals surface area contributed by atoms with Crippen LogP contribution >= 0.6 is 23.1 Å². The lowest BCUT2D eigenvalue weighted by atomic mass is 10.3. The van der Waals surface area contributed by atoms with Crippen molar-refractivity contribution in [2.24, 2.45) is 0 Å². The number of fused-ring (bicyclic) bond motifs is 2. The number of aromatic amines is 1. The Labute approximate surface area is 160 Å². The first-order valence-electron chi connectivity index (χ1n) is 7.92. The quantitative estimate of drug-likeness (QED) is 0.474. The van der Waals surface area contributed by atoms with Gasteiger partial charge in [0.05, 0.1) is 5.52 Å². The summed E-state index contributed by atoms with van der Waals surface area (Å²) in [6.07, 6.45) is 3.26. The van der Waals surface area contributed by atoms with Crippen LogP contribution in [0, 0.1) is 6.92 Å². The lowest BCUT2D eigenvalue weighted by Gasteiger charge is -2.06. The summed E-state index contributed by atoms with van der Waals surface area (Å²) in [7, 11) is 0. The Kier molecular flexibility index (Phi) is 3.87. The molecule has 0 aliphatic heterocycles. The van der Waals surface area contributed by atoms with E-state index in [4.69, 9.17) is 0 Å². The van der Waals surface area contributed by atoms with Crippen molar-refractivity contribution < 1.29 is 0 Å². The average Bonchev–Trinajstić information content (AvgIpc) is 3.27. The van der Waals surface area contributed by atoms with E-state index in [0.29, 0.717) is 21.6 Å². The minimum Gasteiger partial charge on any atom is -0.320 e. The van der Waals surface area contributed by atoms with Crippen LogP contribution in [0.25, 0.3) is 21.4 Å². The highest BCUT2D eigenvalue weighted by molar-refractivity contribution is 7.99. The number of H-pyrrole nitrogens is 1. The van der Waals surface area contributed by atoms with E-state index in [2.05, 4.69) is 45.4 Å². The van der Waals surface area contributed by atoms with Gasteiger partial charge in [0, 0.05) is 6.20 Å². The number of hydrogen-bond acceptors (Lipinski definition) is 10. The van der Waals surface area contributed by atoms with E-state index in [-0.39, 0.29) is 0 Å². The molecule has 0 spiro atoms. The van der Waals surface area contributed by atoms with Gasteiger partial charge >= 0.3 is 0 Å². The van der Waals surface area contributed by atoms with Gasteiger partial charge in [0.1, 0.15) is 33.0 Å². The minimum atomic E-state index is 0.593. The van der Waals surface area contributed by atoms with E-state index in [9.17, 15) is 0 Å². The Bertz CT molecular complexity index is 1230. The molecule has 0 saturated heterocycles. The van der Waals surface area contributed by atoms with Crippen LogP contribution in [-0.2, 0) is 0 Å². The molecule has 132 valence electrons. The predicted octanol–water partition coefficient (Wildman–Crippen LogP) is 3.35. The number of anilines is 2. The lowest BCUT2D eigenvalue weighted by molar-refractivity contribution is 0.965. The summed E-state index contributed by atoms with van der Waals surface area (Å²) < 4.78 is 0.